The van der Waals surface area contributed by atoms with E-state index in [-0.39, 0.29) is 16.8 Å². The number of anilines is 1. The molecule has 1 saturated heterocycles. The number of nitrogens with one attached hydrogen (secondary N) is 1. The summed E-state index contributed by atoms with van der Waals surface area (Å²) in [5, 5.41) is 2.65. The molecule has 1 aromatic carbocycles. The molecule has 1 aromatic rings. The van der Waals surface area contributed by atoms with E-state index in [0.29, 0.717) is 12.1 Å². The van der Waals surface area contributed by atoms with E-state index in [9.17, 15) is 14.0 Å². The second kappa shape index (κ2) is 5.05. The van der Waals surface area contributed by atoms with Crippen molar-refractivity contribution in [3.8, 4) is 0 Å². The highest BCUT2D eigenvalue weighted by Crippen LogP contribution is 2.29. The van der Waals surface area contributed by atoms with Crippen LogP contribution in [-0.2, 0) is 9.59 Å². The molecule has 0 aromatic heterocycles. The summed E-state index contributed by atoms with van der Waals surface area (Å²) in [6.07, 6.45) is 0.468. The van der Waals surface area contributed by atoms with E-state index in [1.807, 2.05) is 6.92 Å². The van der Waals surface area contributed by atoms with E-state index < -0.39 is 17.4 Å². The summed E-state index contributed by atoms with van der Waals surface area (Å²) in [7, 11) is 0. The first-order valence-corrected chi connectivity index (χ1v) is 6.78. The molecule has 1 N–H and O–H groups in total. The van der Waals surface area contributed by atoms with Crippen molar-refractivity contribution in [2.24, 2.45) is 0 Å². The van der Waals surface area contributed by atoms with E-state index in [1.54, 1.807) is 13.8 Å². The molecule has 1 fully saturated rings. The Hall–Kier alpha value is -1.62. The molecule has 2 amide bonds. The highest BCUT2D eigenvalue weighted by atomic mass is 35.5. The van der Waals surface area contributed by atoms with Gasteiger partial charge in [-0.2, -0.15) is 0 Å². The number of hydrogen-bond donors (Lipinski definition) is 1. The molecule has 0 saturated carbocycles. The van der Waals surface area contributed by atoms with Crippen molar-refractivity contribution >= 4 is 29.1 Å². The maximum Gasteiger partial charge on any atom is 0.253 e. The Bertz CT molecular complexity index is 578. The Morgan fingerprint density at radius 2 is 2.10 bits per heavy atom. The van der Waals surface area contributed by atoms with Crippen LogP contribution in [0.3, 0.4) is 0 Å². The molecule has 0 radical (unpaired) electrons. The number of carbonyl (C=O) groups excluding carboxylic acids is 2. The van der Waals surface area contributed by atoms with Crippen LogP contribution in [0.4, 0.5) is 10.1 Å². The molecule has 2 unspecified atom stereocenters. The van der Waals surface area contributed by atoms with Crippen LogP contribution in [0.25, 0.3) is 0 Å². The lowest BCUT2D eigenvalue weighted by atomic mass is 9.92. The van der Waals surface area contributed by atoms with E-state index in [2.05, 4.69) is 5.32 Å². The minimum Gasteiger partial charge on any atom is -0.340 e. The zero-order valence-electron chi connectivity index (χ0n) is 11.5. The SMILES string of the molecule is CCC1(C)NC(=O)C(C)N(c2ccc(F)c(Cl)c2)C1=O. The third-order valence-electron chi connectivity index (χ3n) is 3.75. The van der Waals surface area contributed by atoms with Crippen LogP contribution in [0, 0.1) is 5.82 Å². The monoisotopic (exact) mass is 298 g/mol. The number of rotatable bonds is 2. The van der Waals surface area contributed by atoms with Gasteiger partial charge in [0, 0.05) is 5.69 Å². The maximum atomic E-state index is 13.2. The Morgan fingerprint density at radius 1 is 1.45 bits per heavy atom. The lowest BCUT2D eigenvalue weighted by Gasteiger charge is -2.43. The van der Waals surface area contributed by atoms with Crippen molar-refractivity contribution in [3.05, 3.63) is 29.0 Å². The van der Waals surface area contributed by atoms with Gasteiger partial charge in [0.2, 0.25) is 5.91 Å². The summed E-state index contributed by atoms with van der Waals surface area (Å²) in [4.78, 5) is 26.0. The normalized spacial score (nSPS) is 26.6. The number of amides is 2. The molecule has 1 aliphatic rings. The summed E-state index contributed by atoms with van der Waals surface area (Å²) in [6.45, 7) is 5.13. The second-order valence-corrected chi connectivity index (χ2v) is 5.53. The minimum absolute atomic E-state index is 0.0771. The molecule has 2 atom stereocenters. The largest absolute Gasteiger partial charge is 0.340 e. The van der Waals surface area contributed by atoms with Crippen molar-refractivity contribution in [1.29, 1.82) is 0 Å². The predicted molar refractivity (Wildman–Crippen MR) is 75.2 cm³/mol. The van der Waals surface area contributed by atoms with Gasteiger partial charge < -0.3 is 5.32 Å². The van der Waals surface area contributed by atoms with Gasteiger partial charge in [-0.3, -0.25) is 14.5 Å². The first-order chi connectivity index (χ1) is 9.30. The minimum atomic E-state index is -0.954. The topological polar surface area (TPSA) is 49.4 Å². The molecule has 4 nitrogen and oxygen atoms in total. The Kier molecular flexibility index (Phi) is 3.73. The lowest BCUT2D eigenvalue weighted by molar-refractivity contribution is -0.137. The third-order valence-corrected chi connectivity index (χ3v) is 4.03. The maximum absolute atomic E-state index is 13.2. The van der Waals surface area contributed by atoms with Crippen LogP contribution >= 0.6 is 11.6 Å². The third kappa shape index (κ3) is 2.26. The average molecular weight is 299 g/mol. The second-order valence-electron chi connectivity index (χ2n) is 5.12. The van der Waals surface area contributed by atoms with Gasteiger partial charge in [-0.1, -0.05) is 18.5 Å². The first kappa shape index (κ1) is 14.8. The number of carbonyl (C=O) groups is 2. The van der Waals surface area contributed by atoms with Gasteiger partial charge >= 0.3 is 0 Å². The number of hydrogen-bond acceptors (Lipinski definition) is 2. The Labute approximate surface area is 121 Å². The molecule has 0 aliphatic carbocycles. The van der Waals surface area contributed by atoms with E-state index >= 15 is 0 Å². The highest BCUT2D eigenvalue weighted by Gasteiger charge is 2.46. The van der Waals surface area contributed by atoms with Gasteiger partial charge in [-0.15, -0.1) is 0 Å². The van der Waals surface area contributed by atoms with E-state index in [4.69, 9.17) is 11.6 Å². The lowest BCUT2D eigenvalue weighted by Crippen LogP contribution is -2.68. The summed E-state index contributed by atoms with van der Waals surface area (Å²) >= 11 is 5.76. The Morgan fingerprint density at radius 3 is 2.65 bits per heavy atom. The molecule has 1 aliphatic heterocycles. The van der Waals surface area contributed by atoms with Crippen LogP contribution in [0.5, 0.6) is 0 Å². The van der Waals surface area contributed by atoms with Crippen molar-refractivity contribution in [3.63, 3.8) is 0 Å². The van der Waals surface area contributed by atoms with E-state index in [0.717, 1.165) is 0 Å². The smallest absolute Gasteiger partial charge is 0.253 e. The quantitative estimate of drug-likeness (QED) is 0.912. The highest BCUT2D eigenvalue weighted by molar-refractivity contribution is 6.31. The molecule has 20 heavy (non-hydrogen) atoms. The van der Waals surface area contributed by atoms with Gasteiger partial charge in [-0.05, 0) is 38.5 Å². The molecule has 0 spiro atoms. The van der Waals surface area contributed by atoms with Crippen LogP contribution in [0.2, 0.25) is 5.02 Å². The fourth-order valence-electron chi connectivity index (χ4n) is 2.20. The standard InChI is InChI=1S/C14H16ClFN2O2/c1-4-14(3)13(20)18(8(2)12(19)17-14)9-5-6-11(16)10(15)7-9/h5-8H,4H2,1-3H3,(H,17,19). The molecule has 6 heteroatoms. The van der Waals surface area contributed by atoms with Crippen LogP contribution in [0.15, 0.2) is 18.2 Å². The number of nitrogens with zero attached hydrogens (tertiary/aromatic N) is 1. The molecular formula is C14H16ClFN2O2. The zero-order valence-corrected chi connectivity index (χ0v) is 12.3. The Balaban J connectivity index is 2.48. The zero-order chi connectivity index (χ0) is 15.1. The van der Waals surface area contributed by atoms with Gasteiger partial charge in [0.15, 0.2) is 0 Å². The average Bonchev–Trinajstić information content (AvgIpc) is 2.41. The van der Waals surface area contributed by atoms with Crippen LogP contribution in [0.1, 0.15) is 27.2 Å². The van der Waals surface area contributed by atoms with Gasteiger partial charge in [0.1, 0.15) is 17.4 Å². The fraction of sp³-hybridized carbons (Fsp3) is 0.429. The first-order valence-electron chi connectivity index (χ1n) is 6.41. The van der Waals surface area contributed by atoms with Crippen LogP contribution in [-0.4, -0.2) is 23.4 Å². The van der Waals surface area contributed by atoms with Gasteiger partial charge in [0.05, 0.1) is 5.02 Å². The number of piperazine rings is 1. The van der Waals surface area contributed by atoms with Gasteiger partial charge in [-0.25, -0.2) is 4.39 Å². The van der Waals surface area contributed by atoms with Crippen molar-refractivity contribution in [2.45, 2.75) is 38.8 Å². The summed E-state index contributed by atoms with van der Waals surface area (Å²) in [5.41, 5.74) is -0.534. The molecular weight excluding hydrogens is 283 g/mol. The van der Waals surface area contributed by atoms with Crippen molar-refractivity contribution in [1.82, 2.24) is 5.32 Å². The summed E-state index contributed by atoms with van der Waals surface area (Å²) in [5.74, 6) is -1.03. The molecule has 2 rings (SSSR count). The number of halogens is 2. The van der Waals surface area contributed by atoms with Gasteiger partial charge in [0.25, 0.3) is 5.91 Å². The fourth-order valence-corrected chi connectivity index (χ4v) is 2.38. The molecule has 1 heterocycles. The predicted octanol–water partition coefficient (Wildman–Crippen LogP) is 2.50. The van der Waals surface area contributed by atoms with Crippen LogP contribution < -0.4 is 10.2 Å². The van der Waals surface area contributed by atoms with Crippen molar-refractivity contribution < 1.29 is 14.0 Å². The van der Waals surface area contributed by atoms with E-state index in [1.165, 1.54) is 23.1 Å². The summed E-state index contributed by atoms with van der Waals surface area (Å²) in [6, 6.07) is 3.33. The summed E-state index contributed by atoms with van der Waals surface area (Å²) < 4.78 is 13.2. The molecule has 0 bridgehead atoms. The molecule has 108 valence electrons. The van der Waals surface area contributed by atoms with Crippen molar-refractivity contribution in [2.75, 3.05) is 4.90 Å². The number of benzene rings is 1.